The summed E-state index contributed by atoms with van der Waals surface area (Å²) >= 11 is 0. The largest absolute Gasteiger partial charge is 0.378 e. The Morgan fingerprint density at radius 2 is 2.10 bits per heavy atom. The highest BCUT2D eigenvalue weighted by atomic mass is 16.5. The number of nitrogens with two attached hydrogens (primary N) is 1. The Hall–Kier alpha value is -1.40. The van der Waals surface area contributed by atoms with Gasteiger partial charge in [0, 0.05) is 31.7 Å². The van der Waals surface area contributed by atoms with Crippen LogP contribution in [0.1, 0.15) is 45.4 Å². The molecule has 0 amide bonds. The standard InChI is InChI=1S/C14H25N5O/c1-4-20-11-5-7-19(8-6-11)13-9-12(18-15)16-14(17-13)10(2)3/h9-11H,4-8,15H2,1-3H3,(H,16,17,18). The normalized spacial score (nSPS) is 16.8. The number of anilines is 2. The van der Waals surface area contributed by atoms with E-state index in [0.717, 1.165) is 44.2 Å². The van der Waals surface area contributed by atoms with Gasteiger partial charge in [-0.1, -0.05) is 13.8 Å². The van der Waals surface area contributed by atoms with Gasteiger partial charge < -0.3 is 15.1 Å². The van der Waals surface area contributed by atoms with Crippen LogP contribution in [-0.4, -0.2) is 35.8 Å². The fourth-order valence-electron chi connectivity index (χ4n) is 2.43. The van der Waals surface area contributed by atoms with Gasteiger partial charge in [-0.15, -0.1) is 0 Å². The maximum Gasteiger partial charge on any atom is 0.145 e. The zero-order valence-corrected chi connectivity index (χ0v) is 12.6. The number of nitrogens with one attached hydrogen (secondary N) is 1. The summed E-state index contributed by atoms with van der Waals surface area (Å²) in [7, 11) is 0. The van der Waals surface area contributed by atoms with E-state index in [4.69, 9.17) is 10.6 Å². The monoisotopic (exact) mass is 279 g/mol. The highest BCUT2D eigenvalue weighted by molar-refractivity contribution is 5.49. The molecule has 2 rings (SSSR count). The third-order valence-corrected chi connectivity index (χ3v) is 3.56. The van der Waals surface area contributed by atoms with Gasteiger partial charge in [0.1, 0.15) is 17.5 Å². The third kappa shape index (κ3) is 3.58. The van der Waals surface area contributed by atoms with Crippen LogP contribution in [0.5, 0.6) is 0 Å². The van der Waals surface area contributed by atoms with Gasteiger partial charge in [0.25, 0.3) is 0 Å². The van der Waals surface area contributed by atoms with Crippen LogP contribution in [0, 0.1) is 0 Å². The number of piperidine rings is 1. The Labute approximate surface area is 120 Å². The summed E-state index contributed by atoms with van der Waals surface area (Å²) in [5.74, 6) is 8.22. The average molecular weight is 279 g/mol. The molecule has 6 nitrogen and oxygen atoms in total. The van der Waals surface area contributed by atoms with E-state index >= 15 is 0 Å². The van der Waals surface area contributed by atoms with E-state index in [1.165, 1.54) is 0 Å². The van der Waals surface area contributed by atoms with Crippen molar-refractivity contribution in [2.24, 2.45) is 5.84 Å². The minimum atomic E-state index is 0.281. The summed E-state index contributed by atoms with van der Waals surface area (Å²) in [6.07, 6.45) is 2.47. The van der Waals surface area contributed by atoms with Crippen LogP contribution in [0.2, 0.25) is 0 Å². The number of rotatable bonds is 5. The maximum absolute atomic E-state index is 5.68. The molecule has 1 saturated heterocycles. The average Bonchev–Trinajstić information content (AvgIpc) is 2.47. The van der Waals surface area contributed by atoms with Gasteiger partial charge in [0.2, 0.25) is 0 Å². The molecule has 0 radical (unpaired) electrons. The first-order valence-electron chi connectivity index (χ1n) is 7.36. The predicted octanol–water partition coefficient (Wildman–Crippen LogP) is 1.89. The van der Waals surface area contributed by atoms with Gasteiger partial charge in [-0.25, -0.2) is 15.8 Å². The lowest BCUT2D eigenvalue weighted by Crippen LogP contribution is -2.37. The molecule has 0 aliphatic carbocycles. The van der Waals surface area contributed by atoms with Crippen molar-refractivity contribution in [3.05, 3.63) is 11.9 Å². The summed E-state index contributed by atoms with van der Waals surface area (Å²) in [5, 5.41) is 0. The van der Waals surface area contributed by atoms with E-state index in [1.54, 1.807) is 0 Å². The van der Waals surface area contributed by atoms with Crippen LogP contribution in [0.25, 0.3) is 0 Å². The van der Waals surface area contributed by atoms with Gasteiger partial charge in [-0.05, 0) is 19.8 Å². The van der Waals surface area contributed by atoms with Crippen molar-refractivity contribution in [2.75, 3.05) is 30.0 Å². The Kier molecular flexibility index (Phi) is 5.14. The number of hydrazine groups is 1. The lowest BCUT2D eigenvalue weighted by molar-refractivity contribution is 0.0458. The molecule has 1 aliphatic rings. The molecule has 0 spiro atoms. The van der Waals surface area contributed by atoms with Crippen molar-refractivity contribution in [1.29, 1.82) is 0 Å². The lowest BCUT2D eigenvalue weighted by Gasteiger charge is -2.33. The lowest BCUT2D eigenvalue weighted by atomic mass is 10.1. The molecule has 2 heterocycles. The Morgan fingerprint density at radius 1 is 1.40 bits per heavy atom. The zero-order chi connectivity index (χ0) is 14.5. The molecular weight excluding hydrogens is 254 g/mol. The van der Waals surface area contributed by atoms with E-state index in [0.29, 0.717) is 11.9 Å². The number of hydrogen-bond donors (Lipinski definition) is 2. The van der Waals surface area contributed by atoms with E-state index in [9.17, 15) is 0 Å². The molecule has 0 atom stereocenters. The Balaban J connectivity index is 2.10. The van der Waals surface area contributed by atoms with E-state index in [-0.39, 0.29) is 5.92 Å². The molecule has 0 unspecified atom stereocenters. The molecule has 1 fully saturated rings. The zero-order valence-electron chi connectivity index (χ0n) is 12.6. The molecule has 1 aliphatic heterocycles. The minimum absolute atomic E-state index is 0.281. The maximum atomic E-state index is 5.68. The summed E-state index contributed by atoms with van der Waals surface area (Å²) in [6.45, 7) is 8.93. The fraction of sp³-hybridized carbons (Fsp3) is 0.714. The smallest absolute Gasteiger partial charge is 0.145 e. The van der Waals surface area contributed by atoms with Gasteiger partial charge in [0.15, 0.2) is 0 Å². The van der Waals surface area contributed by atoms with Crippen molar-refractivity contribution in [1.82, 2.24) is 9.97 Å². The molecular formula is C14H25N5O. The summed E-state index contributed by atoms with van der Waals surface area (Å²) < 4.78 is 5.68. The van der Waals surface area contributed by atoms with Gasteiger partial charge in [-0.3, -0.25) is 0 Å². The number of nitrogen functional groups attached to an aromatic ring is 1. The van der Waals surface area contributed by atoms with Crippen molar-refractivity contribution >= 4 is 11.6 Å². The molecule has 0 saturated carbocycles. The van der Waals surface area contributed by atoms with E-state index in [2.05, 4.69) is 34.1 Å². The molecule has 20 heavy (non-hydrogen) atoms. The summed E-state index contributed by atoms with van der Waals surface area (Å²) in [5.41, 5.74) is 2.63. The quantitative estimate of drug-likeness (QED) is 0.633. The molecule has 0 aromatic carbocycles. The topological polar surface area (TPSA) is 76.3 Å². The second-order valence-corrected chi connectivity index (χ2v) is 5.41. The highest BCUT2D eigenvalue weighted by Crippen LogP contribution is 2.23. The first-order valence-corrected chi connectivity index (χ1v) is 7.36. The first-order chi connectivity index (χ1) is 9.63. The van der Waals surface area contributed by atoms with E-state index < -0.39 is 0 Å². The predicted molar refractivity (Wildman–Crippen MR) is 80.8 cm³/mol. The SMILES string of the molecule is CCOC1CCN(c2cc(NN)nc(C(C)C)n2)CC1. The van der Waals surface area contributed by atoms with Crippen LogP contribution < -0.4 is 16.2 Å². The number of aromatic nitrogens is 2. The molecule has 3 N–H and O–H groups in total. The second-order valence-electron chi connectivity index (χ2n) is 5.41. The van der Waals surface area contributed by atoms with Crippen LogP contribution in [0.15, 0.2) is 6.07 Å². The number of nitrogens with zero attached hydrogens (tertiary/aromatic N) is 3. The highest BCUT2D eigenvalue weighted by Gasteiger charge is 2.21. The van der Waals surface area contributed by atoms with Crippen LogP contribution in [0.3, 0.4) is 0 Å². The first kappa shape index (κ1) is 15.0. The number of hydrogen-bond acceptors (Lipinski definition) is 6. The van der Waals surface area contributed by atoms with Crippen LogP contribution in [-0.2, 0) is 4.74 Å². The Morgan fingerprint density at radius 3 is 2.65 bits per heavy atom. The molecule has 1 aromatic rings. The molecule has 112 valence electrons. The number of ether oxygens (including phenoxy) is 1. The van der Waals surface area contributed by atoms with Crippen molar-refractivity contribution in [3.8, 4) is 0 Å². The second kappa shape index (κ2) is 6.85. The van der Waals surface area contributed by atoms with E-state index in [1.807, 2.05) is 13.0 Å². The minimum Gasteiger partial charge on any atom is -0.378 e. The molecule has 0 bridgehead atoms. The van der Waals surface area contributed by atoms with Crippen molar-refractivity contribution in [2.45, 2.75) is 45.6 Å². The van der Waals surface area contributed by atoms with Crippen molar-refractivity contribution < 1.29 is 4.74 Å². The van der Waals surface area contributed by atoms with Crippen LogP contribution in [0.4, 0.5) is 11.6 Å². The van der Waals surface area contributed by atoms with Crippen molar-refractivity contribution in [3.63, 3.8) is 0 Å². The summed E-state index contributed by atoms with van der Waals surface area (Å²) in [6, 6.07) is 1.91. The third-order valence-electron chi connectivity index (χ3n) is 3.56. The molecule has 6 heteroatoms. The van der Waals surface area contributed by atoms with Gasteiger partial charge in [-0.2, -0.15) is 0 Å². The molecule has 1 aromatic heterocycles. The Bertz CT molecular complexity index is 430. The van der Waals surface area contributed by atoms with Gasteiger partial charge in [0.05, 0.1) is 6.10 Å². The van der Waals surface area contributed by atoms with Gasteiger partial charge >= 0.3 is 0 Å². The summed E-state index contributed by atoms with van der Waals surface area (Å²) in [4.78, 5) is 11.3. The van der Waals surface area contributed by atoms with Crippen LogP contribution >= 0.6 is 0 Å². The fourth-order valence-corrected chi connectivity index (χ4v) is 2.43.